The number of rotatable bonds is 4. The van der Waals surface area contributed by atoms with Gasteiger partial charge in [-0.2, -0.15) is 0 Å². The van der Waals surface area contributed by atoms with E-state index in [9.17, 15) is 9.59 Å². The number of carbonyl (C=O) groups excluding carboxylic acids is 2. The Morgan fingerprint density at radius 1 is 1.37 bits per heavy atom. The Hall–Kier alpha value is -1.46. The highest BCUT2D eigenvalue weighted by Crippen LogP contribution is 2.27. The van der Waals surface area contributed by atoms with Crippen molar-refractivity contribution in [3.05, 3.63) is 0 Å². The number of hydrogen-bond acceptors (Lipinski definition) is 5. The lowest BCUT2D eigenvalue weighted by atomic mass is 9.87. The molecule has 0 aromatic carbocycles. The first kappa shape index (κ1) is 15.6. The topological polar surface area (TPSA) is 73.9 Å². The molecule has 1 N–H and O–H groups in total. The number of hydrogen-bond donors (Lipinski definition) is 1. The minimum atomic E-state index is -0.607. The molecule has 0 atom stereocenters. The van der Waals surface area contributed by atoms with Gasteiger partial charge in [-0.3, -0.25) is 0 Å². The maximum atomic E-state index is 11.4. The summed E-state index contributed by atoms with van der Waals surface area (Å²) in [6.45, 7) is 8.70. The molecular formula is C13H23NO5. The number of cyclic esters (lactones) is 2. The summed E-state index contributed by atoms with van der Waals surface area (Å²) < 4.78 is 14.9. The minimum absolute atomic E-state index is 0.177. The molecule has 1 saturated heterocycles. The zero-order valence-corrected chi connectivity index (χ0v) is 12.1. The molecule has 1 aliphatic rings. The van der Waals surface area contributed by atoms with Crippen LogP contribution in [0.5, 0.6) is 0 Å². The monoisotopic (exact) mass is 273 g/mol. The van der Waals surface area contributed by atoms with Crippen molar-refractivity contribution in [2.24, 2.45) is 5.41 Å². The zero-order valence-electron chi connectivity index (χ0n) is 12.1. The Balaban J connectivity index is 2.17. The summed E-state index contributed by atoms with van der Waals surface area (Å²) in [4.78, 5) is 22.2. The summed E-state index contributed by atoms with van der Waals surface area (Å²) in [6.07, 6.45) is 0.556. The summed E-state index contributed by atoms with van der Waals surface area (Å²) in [5, 5.41) is 2.70. The van der Waals surface area contributed by atoms with E-state index in [0.717, 1.165) is 12.8 Å². The number of ether oxygens (including phenoxy) is 3. The predicted octanol–water partition coefficient (Wildman–Crippen LogP) is 2.46. The lowest BCUT2D eigenvalue weighted by Gasteiger charge is -2.32. The van der Waals surface area contributed by atoms with Crippen LogP contribution in [0, 0.1) is 5.41 Å². The normalized spacial score (nSPS) is 18.2. The van der Waals surface area contributed by atoms with Gasteiger partial charge in [-0.1, -0.05) is 6.92 Å². The lowest BCUT2D eigenvalue weighted by molar-refractivity contribution is -0.0557. The summed E-state index contributed by atoms with van der Waals surface area (Å²) >= 11 is 0. The minimum Gasteiger partial charge on any atom is -0.444 e. The molecule has 1 fully saturated rings. The second-order valence-corrected chi connectivity index (χ2v) is 6.17. The third-order valence-corrected chi connectivity index (χ3v) is 2.70. The van der Waals surface area contributed by atoms with Crippen LogP contribution in [0.15, 0.2) is 0 Å². The summed E-state index contributed by atoms with van der Waals surface area (Å²) in [5.74, 6) is 0. The van der Waals surface area contributed by atoms with Gasteiger partial charge in [0.25, 0.3) is 0 Å². The molecule has 1 aliphatic heterocycles. The highest BCUT2D eigenvalue weighted by Gasteiger charge is 2.32. The molecule has 0 spiro atoms. The van der Waals surface area contributed by atoms with Crippen molar-refractivity contribution in [2.45, 2.75) is 46.1 Å². The van der Waals surface area contributed by atoms with Gasteiger partial charge in [-0.15, -0.1) is 0 Å². The molecule has 19 heavy (non-hydrogen) atoms. The second kappa shape index (κ2) is 6.12. The highest BCUT2D eigenvalue weighted by atomic mass is 16.7. The molecular weight excluding hydrogens is 250 g/mol. The average Bonchev–Trinajstić information content (AvgIpc) is 2.27. The maximum absolute atomic E-state index is 11.4. The molecule has 0 radical (unpaired) electrons. The summed E-state index contributed by atoms with van der Waals surface area (Å²) in [5.41, 5.74) is -0.662. The Kier molecular flexibility index (Phi) is 5.03. The van der Waals surface area contributed by atoms with Crippen LogP contribution in [0.25, 0.3) is 0 Å². The Labute approximate surface area is 113 Å². The van der Waals surface area contributed by atoms with E-state index in [1.54, 1.807) is 0 Å². The molecule has 1 amide bonds. The predicted molar refractivity (Wildman–Crippen MR) is 68.9 cm³/mol. The largest absolute Gasteiger partial charge is 0.508 e. The van der Waals surface area contributed by atoms with Gasteiger partial charge in [-0.05, 0) is 33.6 Å². The van der Waals surface area contributed by atoms with Crippen molar-refractivity contribution in [3.8, 4) is 0 Å². The third-order valence-electron chi connectivity index (χ3n) is 2.70. The molecule has 0 bridgehead atoms. The first-order chi connectivity index (χ1) is 8.70. The van der Waals surface area contributed by atoms with Crippen LogP contribution in [0.2, 0.25) is 0 Å². The van der Waals surface area contributed by atoms with Gasteiger partial charge in [-0.25, -0.2) is 9.59 Å². The SMILES string of the molecule is CC1(CCCNC(=O)OC(C)(C)C)COC(=O)OC1. The van der Waals surface area contributed by atoms with Crippen molar-refractivity contribution in [3.63, 3.8) is 0 Å². The smallest absolute Gasteiger partial charge is 0.444 e. The Morgan fingerprint density at radius 2 is 1.95 bits per heavy atom. The average molecular weight is 273 g/mol. The zero-order chi connectivity index (χ0) is 14.5. The first-order valence-corrected chi connectivity index (χ1v) is 6.47. The van der Waals surface area contributed by atoms with Crippen molar-refractivity contribution in [1.82, 2.24) is 5.32 Å². The van der Waals surface area contributed by atoms with E-state index >= 15 is 0 Å². The van der Waals surface area contributed by atoms with Crippen LogP contribution in [-0.2, 0) is 14.2 Å². The quantitative estimate of drug-likeness (QED) is 0.629. The number of amides is 1. The van der Waals surface area contributed by atoms with Crippen molar-refractivity contribution >= 4 is 12.2 Å². The van der Waals surface area contributed by atoms with E-state index in [4.69, 9.17) is 14.2 Å². The van der Waals surface area contributed by atoms with Gasteiger partial charge < -0.3 is 19.5 Å². The van der Waals surface area contributed by atoms with Gasteiger partial charge >= 0.3 is 12.2 Å². The van der Waals surface area contributed by atoms with E-state index < -0.39 is 17.8 Å². The fourth-order valence-corrected chi connectivity index (χ4v) is 1.71. The molecule has 110 valence electrons. The summed E-state index contributed by atoms with van der Waals surface area (Å²) in [6, 6.07) is 0. The van der Waals surface area contributed by atoms with Gasteiger partial charge in [0.05, 0.1) is 0 Å². The van der Waals surface area contributed by atoms with E-state index in [0.29, 0.717) is 19.8 Å². The third kappa shape index (κ3) is 6.31. The second-order valence-electron chi connectivity index (χ2n) is 6.17. The molecule has 0 unspecified atom stereocenters. The van der Waals surface area contributed by atoms with E-state index in [1.807, 2.05) is 27.7 Å². The van der Waals surface area contributed by atoms with Gasteiger partial charge in [0, 0.05) is 12.0 Å². The molecule has 1 rings (SSSR count). The number of carbonyl (C=O) groups is 2. The van der Waals surface area contributed by atoms with Crippen LogP contribution in [-0.4, -0.2) is 37.6 Å². The molecule has 0 aromatic rings. The van der Waals surface area contributed by atoms with Crippen LogP contribution < -0.4 is 5.32 Å². The fraction of sp³-hybridized carbons (Fsp3) is 0.846. The van der Waals surface area contributed by atoms with Crippen LogP contribution in [0.4, 0.5) is 9.59 Å². The van der Waals surface area contributed by atoms with Crippen molar-refractivity contribution < 1.29 is 23.8 Å². The molecule has 6 heteroatoms. The molecule has 1 heterocycles. The van der Waals surface area contributed by atoms with E-state index in [-0.39, 0.29) is 5.41 Å². The van der Waals surface area contributed by atoms with Crippen LogP contribution in [0.3, 0.4) is 0 Å². The van der Waals surface area contributed by atoms with Crippen LogP contribution >= 0.6 is 0 Å². The molecule has 6 nitrogen and oxygen atoms in total. The standard InChI is InChI=1S/C13H23NO5/c1-12(2,3)19-10(15)14-7-5-6-13(4)8-17-11(16)18-9-13/h5-9H2,1-4H3,(H,14,15). The van der Waals surface area contributed by atoms with Crippen molar-refractivity contribution in [1.29, 1.82) is 0 Å². The van der Waals surface area contributed by atoms with E-state index in [1.165, 1.54) is 0 Å². The summed E-state index contributed by atoms with van der Waals surface area (Å²) in [7, 11) is 0. The molecule has 0 aliphatic carbocycles. The van der Waals surface area contributed by atoms with Crippen molar-refractivity contribution in [2.75, 3.05) is 19.8 Å². The Bertz CT molecular complexity index is 324. The van der Waals surface area contributed by atoms with Gasteiger partial charge in [0.2, 0.25) is 0 Å². The number of alkyl carbamates (subject to hydrolysis) is 1. The highest BCUT2D eigenvalue weighted by molar-refractivity contribution is 5.67. The lowest BCUT2D eigenvalue weighted by Crippen LogP contribution is -2.38. The van der Waals surface area contributed by atoms with Gasteiger partial charge in [0.1, 0.15) is 18.8 Å². The van der Waals surface area contributed by atoms with Gasteiger partial charge in [0.15, 0.2) is 0 Å². The van der Waals surface area contributed by atoms with E-state index in [2.05, 4.69) is 5.32 Å². The molecule has 0 aromatic heterocycles. The fourth-order valence-electron chi connectivity index (χ4n) is 1.71. The first-order valence-electron chi connectivity index (χ1n) is 6.47. The maximum Gasteiger partial charge on any atom is 0.508 e. The van der Waals surface area contributed by atoms with Crippen LogP contribution in [0.1, 0.15) is 40.5 Å². The molecule has 0 saturated carbocycles. The number of nitrogens with one attached hydrogen (secondary N) is 1. The Morgan fingerprint density at radius 3 is 2.47 bits per heavy atom.